The third kappa shape index (κ3) is 5.99. The first-order valence-corrected chi connectivity index (χ1v) is 13.0. The van der Waals surface area contributed by atoms with Crippen molar-refractivity contribution in [3.05, 3.63) is 76.0 Å². The molecule has 0 aliphatic carbocycles. The van der Waals surface area contributed by atoms with E-state index < -0.39 is 0 Å². The standard InChI is InChI=1S/C28H33N3O4S/c1-19(2)31(28(33)29-21-10-8-20(3)9-11-21)17-27(32)30-14-12-26-24(13-15-36-26)25(30)18-35-23-7-5-6-22(16-23)34-4/h5-11,13,15-16,19,25H,12,14,17-18H2,1-4H3,(H,29,33)/t25-/m0/s1. The largest absolute Gasteiger partial charge is 0.497 e. The van der Waals surface area contributed by atoms with Crippen molar-refractivity contribution in [2.75, 3.05) is 32.1 Å². The van der Waals surface area contributed by atoms with Gasteiger partial charge in [-0.25, -0.2) is 4.79 Å². The summed E-state index contributed by atoms with van der Waals surface area (Å²) in [5.74, 6) is 1.30. The van der Waals surface area contributed by atoms with Crippen molar-refractivity contribution in [2.24, 2.45) is 0 Å². The fourth-order valence-corrected chi connectivity index (χ4v) is 5.23. The molecule has 36 heavy (non-hydrogen) atoms. The van der Waals surface area contributed by atoms with Gasteiger partial charge >= 0.3 is 6.03 Å². The van der Waals surface area contributed by atoms with Crippen LogP contribution in [0.25, 0.3) is 0 Å². The molecular formula is C28H33N3O4S. The average molecular weight is 508 g/mol. The number of urea groups is 1. The molecule has 2 heterocycles. The maximum absolute atomic E-state index is 13.6. The maximum atomic E-state index is 13.6. The van der Waals surface area contributed by atoms with Gasteiger partial charge in [0.05, 0.1) is 13.2 Å². The van der Waals surface area contributed by atoms with Crippen molar-refractivity contribution in [1.82, 2.24) is 9.80 Å². The number of rotatable bonds is 8. The molecule has 1 aliphatic heterocycles. The summed E-state index contributed by atoms with van der Waals surface area (Å²) in [4.78, 5) is 31.4. The van der Waals surface area contributed by atoms with Crippen molar-refractivity contribution < 1.29 is 19.1 Å². The van der Waals surface area contributed by atoms with Crippen LogP contribution in [0.4, 0.5) is 10.5 Å². The fraction of sp³-hybridized carbons (Fsp3) is 0.357. The zero-order valence-electron chi connectivity index (χ0n) is 21.2. The van der Waals surface area contributed by atoms with Crippen LogP contribution < -0.4 is 14.8 Å². The maximum Gasteiger partial charge on any atom is 0.322 e. The van der Waals surface area contributed by atoms with E-state index in [1.807, 2.05) is 74.2 Å². The van der Waals surface area contributed by atoms with E-state index in [-0.39, 0.29) is 30.6 Å². The SMILES string of the molecule is COc1cccc(OC[C@H]2c3ccsc3CCN2C(=O)CN(C(=O)Nc2ccc(C)cc2)C(C)C)c1. The second-order valence-electron chi connectivity index (χ2n) is 9.16. The number of benzene rings is 2. The minimum absolute atomic E-state index is 0.00943. The first-order valence-electron chi connectivity index (χ1n) is 12.1. The Bertz CT molecular complexity index is 1190. The lowest BCUT2D eigenvalue weighted by atomic mass is 10.0. The third-order valence-electron chi connectivity index (χ3n) is 6.36. The average Bonchev–Trinajstić information content (AvgIpc) is 3.36. The second-order valence-corrected chi connectivity index (χ2v) is 10.2. The lowest BCUT2D eigenvalue weighted by Crippen LogP contribution is -2.50. The first-order chi connectivity index (χ1) is 17.4. The number of amides is 3. The third-order valence-corrected chi connectivity index (χ3v) is 7.35. The van der Waals surface area contributed by atoms with E-state index in [1.54, 1.807) is 23.3 Å². The molecule has 0 saturated carbocycles. The first kappa shape index (κ1) is 25.6. The second kappa shape index (κ2) is 11.5. The highest BCUT2D eigenvalue weighted by Crippen LogP contribution is 2.34. The number of nitrogens with one attached hydrogen (secondary N) is 1. The number of aryl methyl sites for hydroxylation is 1. The molecule has 2 aromatic carbocycles. The Hall–Kier alpha value is -3.52. The van der Waals surface area contributed by atoms with Gasteiger partial charge in [-0.3, -0.25) is 4.79 Å². The van der Waals surface area contributed by atoms with Gasteiger partial charge in [0, 0.05) is 29.2 Å². The van der Waals surface area contributed by atoms with Gasteiger partial charge in [0.15, 0.2) is 0 Å². The minimum Gasteiger partial charge on any atom is -0.497 e. The van der Waals surface area contributed by atoms with Gasteiger partial charge in [-0.1, -0.05) is 23.8 Å². The van der Waals surface area contributed by atoms with Crippen LogP contribution >= 0.6 is 11.3 Å². The van der Waals surface area contributed by atoms with E-state index in [1.165, 1.54) is 4.88 Å². The predicted molar refractivity (Wildman–Crippen MR) is 143 cm³/mol. The Kier molecular flexibility index (Phi) is 8.15. The Morgan fingerprint density at radius 2 is 1.89 bits per heavy atom. The van der Waals surface area contributed by atoms with Crippen LogP contribution in [0.1, 0.15) is 35.9 Å². The van der Waals surface area contributed by atoms with Crippen LogP contribution in [0, 0.1) is 6.92 Å². The number of carbonyl (C=O) groups excluding carboxylic acids is 2. The monoisotopic (exact) mass is 507 g/mol. The molecule has 0 radical (unpaired) electrons. The summed E-state index contributed by atoms with van der Waals surface area (Å²) < 4.78 is 11.4. The van der Waals surface area contributed by atoms with Gasteiger partial charge in [-0.2, -0.15) is 0 Å². The lowest BCUT2D eigenvalue weighted by Gasteiger charge is -2.37. The van der Waals surface area contributed by atoms with Crippen LogP contribution in [-0.4, -0.2) is 54.6 Å². The summed E-state index contributed by atoms with van der Waals surface area (Å²) in [6, 6.07) is 16.5. The van der Waals surface area contributed by atoms with Crippen LogP contribution in [0.15, 0.2) is 60.0 Å². The zero-order chi connectivity index (χ0) is 25.7. The number of hydrogen-bond acceptors (Lipinski definition) is 5. The number of carbonyl (C=O) groups is 2. The molecule has 0 spiro atoms. The van der Waals surface area contributed by atoms with Crippen molar-refractivity contribution in [1.29, 1.82) is 0 Å². The summed E-state index contributed by atoms with van der Waals surface area (Å²) in [5.41, 5.74) is 2.93. The summed E-state index contributed by atoms with van der Waals surface area (Å²) >= 11 is 1.71. The summed E-state index contributed by atoms with van der Waals surface area (Å²) in [6.45, 7) is 6.72. The number of fused-ring (bicyclic) bond motifs is 1. The van der Waals surface area contributed by atoms with Gasteiger partial charge in [0.1, 0.15) is 24.7 Å². The van der Waals surface area contributed by atoms with Crippen LogP contribution in [-0.2, 0) is 11.2 Å². The van der Waals surface area contributed by atoms with Crippen molar-refractivity contribution in [3.8, 4) is 11.5 Å². The molecule has 1 aromatic heterocycles. The highest BCUT2D eigenvalue weighted by atomic mass is 32.1. The molecule has 0 saturated heterocycles. The van der Waals surface area contributed by atoms with E-state index in [9.17, 15) is 9.59 Å². The quantitative estimate of drug-likeness (QED) is 0.436. The van der Waals surface area contributed by atoms with Crippen LogP contribution in [0.5, 0.6) is 11.5 Å². The normalized spacial score (nSPS) is 14.8. The van der Waals surface area contributed by atoms with Gasteiger partial charge in [0.2, 0.25) is 5.91 Å². The molecule has 4 rings (SSSR count). The van der Waals surface area contributed by atoms with E-state index in [2.05, 4.69) is 16.8 Å². The Morgan fingerprint density at radius 3 is 2.61 bits per heavy atom. The number of ether oxygens (including phenoxy) is 2. The van der Waals surface area contributed by atoms with E-state index in [4.69, 9.17) is 9.47 Å². The molecule has 1 atom stereocenters. The van der Waals surface area contributed by atoms with Crippen molar-refractivity contribution in [3.63, 3.8) is 0 Å². The molecule has 1 aliphatic rings. The molecule has 1 N–H and O–H groups in total. The molecule has 3 amide bonds. The predicted octanol–water partition coefficient (Wildman–Crippen LogP) is 5.51. The molecule has 0 bridgehead atoms. The van der Waals surface area contributed by atoms with Crippen LogP contribution in [0.3, 0.4) is 0 Å². The van der Waals surface area contributed by atoms with Crippen molar-refractivity contribution >= 4 is 29.0 Å². The molecule has 3 aromatic rings. The van der Waals surface area contributed by atoms with Gasteiger partial charge in [-0.05, 0) is 68.5 Å². The zero-order valence-corrected chi connectivity index (χ0v) is 22.0. The molecule has 0 unspecified atom stereocenters. The van der Waals surface area contributed by atoms with E-state index in [0.29, 0.717) is 30.3 Å². The molecular weight excluding hydrogens is 474 g/mol. The Morgan fingerprint density at radius 1 is 1.14 bits per heavy atom. The smallest absolute Gasteiger partial charge is 0.322 e. The number of hydrogen-bond donors (Lipinski definition) is 1. The topological polar surface area (TPSA) is 71.1 Å². The van der Waals surface area contributed by atoms with Gasteiger partial charge in [-0.15, -0.1) is 11.3 Å². The van der Waals surface area contributed by atoms with Crippen molar-refractivity contribution in [2.45, 2.75) is 39.3 Å². The molecule has 7 nitrogen and oxygen atoms in total. The molecule has 8 heteroatoms. The highest BCUT2D eigenvalue weighted by Gasteiger charge is 2.34. The number of methoxy groups -OCH3 is 1. The van der Waals surface area contributed by atoms with Gasteiger partial charge < -0.3 is 24.6 Å². The minimum atomic E-state index is -0.292. The Labute approximate surface area is 216 Å². The Balaban J connectivity index is 1.48. The highest BCUT2D eigenvalue weighted by molar-refractivity contribution is 7.10. The summed E-state index contributed by atoms with van der Waals surface area (Å²) in [6.07, 6.45) is 0.797. The van der Waals surface area contributed by atoms with Gasteiger partial charge in [0.25, 0.3) is 0 Å². The van der Waals surface area contributed by atoms with Crippen LogP contribution in [0.2, 0.25) is 0 Å². The van der Waals surface area contributed by atoms with E-state index >= 15 is 0 Å². The summed E-state index contributed by atoms with van der Waals surface area (Å²) in [7, 11) is 1.62. The lowest BCUT2D eigenvalue weighted by molar-refractivity contribution is -0.135. The number of nitrogens with zero attached hydrogens (tertiary/aromatic N) is 2. The number of thiophene rings is 1. The fourth-order valence-electron chi connectivity index (χ4n) is 4.30. The number of anilines is 1. The molecule has 0 fully saturated rings. The summed E-state index contributed by atoms with van der Waals surface area (Å²) in [5, 5.41) is 4.98. The van der Waals surface area contributed by atoms with E-state index in [0.717, 1.165) is 17.5 Å². The molecule has 190 valence electrons.